The Hall–Kier alpha value is -2.84. The minimum absolute atomic E-state index is 0.107. The Kier molecular flexibility index (Phi) is 5.95. The molecule has 0 radical (unpaired) electrons. The van der Waals surface area contributed by atoms with E-state index in [2.05, 4.69) is 10.3 Å². The van der Waals surface area contributed by atoms with E-state index in [1.54, 1.807) is 4.90 Å². The molecule has 9 heteroatoms. The van der Waals surface area contributed by atoms with Crippen LogP contribution in [0.2, 0.25) is 0 Å². The zero-order chi connectivity index (χ0) is 21.2. The number of nitrogens with one attached hydrogen (secondary N) is 1. The van der Waals surface area contributed by atoms with Crippen LogP contribution in [-0.4, -0.2) is 41.5 Å². The van der Waals surface area contributed by atoms with E-state index in [9.17, 15) is 22.4 Å². The van der Waals surface area contributed by atoms with Gasteiger partial charge < -0.3 is 15.0 Å². The predicted molar refractivity (Wildman–Crippen MR) is 99.3 cm³/mol. The minimum atomic E-state index is -4.45. The van der Waals surface area contributed by atoms with E-state index in [-0.39, 0.29) is 29.3 Å². The fraction of sp³-hybridized carbons (Fsp3) is 0.400. The van der Waals surface area contributed by atoms with Crippen LogP contribution < -0.4 is 10.1 Å². The van der Waals surface area contributed by atoms with E-state index in [4.69, 9.17) is 4.74 Å². The van der Waals surface area contributed by atoms with Gasteiger partial charge in [0.1, 0.15) is 5.82 Å². The quantitative estimate of drug-likeness (QED) is 0.760. The maximum absolute atomic E-state index is 14.0. The van der Waals surface area contributed by atoms with Gasteiger partial charge in [0.15, 0.2) is 11.6 Å². The van der Waals surface area contributed by atoms with Crippen molar-refractivity contribution in [2.75, 3.05) is 19.0 Å². The standard InChI is InChI=1S/C20H21F4N3O2/c1-12-16(26-17-9-8-13(11-25-17)20(22,23)24)7-4-10-27(12)19(28)14-5-3-6-15(21)18(14)29-2/h3,5-6,8-9,11-12,16H,4,7,10H2,1-2H3,(H,25,26)/t12-,16+/m1/s1. The van der Waals surface area contributed by atoms with E-state index in [0.29, 0.717) is 25.2 Å². The molecule has 3 rings (SSSR count). The van der Waals surface area contributed by atoms with Gasteiger partial charge in [-0.05, 0) is 44.0 Å². The van der Waals surface area contributed by atoms with Crippen LogP contribution in [0.4, 0.5) is 23.4 Å². The molecule has 2 aromatic rings. The van der Waals surface area contributed by atoms with Crippen molar-refractivity contribution in [3.63, 3.8) is 0 Å². The zero-order valence-electron chi connectivity index (χ0n) is 16.0. The van der Waals surface area contributed by atoms with E-state index in [0.717, 1.165) is 12.3 Å². The average Bonchev–Trinajstić information content (AvgIpc) is 2.68. The molecule has 0 saturated carbocycles. The van der Waals surface area contributed by atoms with Crippen LogP contribution in [0.15, 0.2) is 36.5 Å². The summed E-state index contributed by atoms with van der Waals surface area (Å²) in [6, 6.07) is 5.91. The van der Waals surface area contributed by atoms with Crippen LogP contribution in [0, 0.1) is 5.82 Å². The van der Waals surface area contributed by atoms with E-state index < -0.39 is 17.6 Å². The summed E-state index contributed by atoms with van der Waals surface area (Å²) in [5.41, 5.74) is -0.692. The summed E-state index contributed by atoms with van der Waals surface area (Å²) in [7, 11) is 1.30. The Labute approximate surface area is 165 Å². The molecule has 1 aromatic carbocycles. The van der Waals surface area contributed by atoms with Crippen molar-refractivity contribution in [1.29, 1.82) is 0 Å². The lowest BCUT2D eigenvalue weighted by atomic mass is 9.96. The maximum Gasteiger partial charge on any atom is 0.417 e. The summed E-state index contributed by atoms with van der Waals surface area (Å²) in [5.74, 6) is -0.788. The number of alkyl halides is 3. The smallest absolute Gasteiger partial charge is 0.417 e. The SMILES string of the molecule is COc1c(F)cccc1C(=O)N1CCC[C@H](Nc2ccc(C(F)(F)F)cn2)[C@H]1C. The van der Waals surface area contributed by atoms with Crippen LogP contribution >= 0.6 is 0 Å². The number of hydrogen-bond donors (Lipinski definition) is 1. The number of rotatable bonds is 4. The Morgan fingerprint density at radius 1 is 1.28 bits per heavy atom. The molecule has 1 N–H and O–H groups in total. The van der Waals surface area contributed by atoms with Crippen molar-refractivity contribution in [3.8, 4) is 5.75 Å². The summed E-state index contributed by atoms with van der Waals surface area (Å²) >= 11 is 0. The molecule has 0 unspecified atom stereocenters. The van der Waals surface area contributed by atoms with Gasteiger partial charge in [-0.25, -0.2) is 9.37 Å². The first-order chi connectivity index (χ1) is 13.7. The molecule has 1 fully saturated rings. The molecular weight excluding hydrogens is 390 g/mol. The number of anilines is 1. The molecule has 1 saturated heterocycles. The number of nitrogens with zero attached hydrogens (tertiary/aromatic N) is 2. The summed E-state index contributed by atoms with van der Waals surface area (Å²) in [5, 5.41) is 3.11. The molecule has 5 nitrogen and oxygen atoms in total. The Bertz CT molecular complexity index is 871. The highest BCUT2D eigenvalue weighted by molar-refractivity contribution is 5.97. The van der Waals surface area contributed by atoms with Crippen molar-refractivity contribution in [1.82, 2.24) is 9.88 Å². The van der Waals surface area contributed by atoms with Crippen molar-refractivity contribution >= 4 is 11.7 Å². The van der Waals surface area contributed by atoms with Crippen molar-refractivity contribution in [3.05, 3.63) is 53.5 Å². The van der Waals surface area contributed by atoms with Gasteiger partial charge in [-0.3, -0.25) is 4.79 Å². The number of hydrogen-bond acceptors (Lipinski definition) is 4. The highest BCUT2D eigenvalue weighted by Crippen LogP contribution is 2.30. The fourth-order valence-corrected chi connectivity index (χ4v) is 3.50. The number of aromatic nitrogens is 1. The van der Waals surface area contributed by atoms with Crippen molar-refractivity contribution < 1.29 is 27.1 Å². The lowest BCUT2D eigenvalue weighted by molar-refractivity contribution is -0.137. The third-order valence-electron chi connectivity index (χ3n) is 5.07. The fourth-order valence-electron chi connectivity index (χ4n) is 3.50. The minimum Gasteiger partial charge on any atom is -0.493 e. The summed E-state index contributed by atoms with van der Waals surface area (Å²) in [6.07, 6.45) is -2.27. The summed E-state index contributed by atoms with van der Waals surface area (Å²) < 4.78 is 57.1. The van der Waals surface area contributed by atoms with Gasteiger partial charge in [0.25, 0.3) is 5.91 Å². The highest BCUT2D eigenvalue weighted by Gasteiger charge is 2.34. The molecule has 1 aliphatic rings. The first-order valence-electron chi connectivity index (χ1n) is 9.15. The molecule has 1 aromatic heterocycles. The monoisotopic (exact) mass is 411 g/mol. The number of halogens is 4. The second-order valence-electron chi connectivity index (χ2n) is 6.88. The van der Waals surface area contributed by atoms with Gasteiger partial charge in [0.05, 0.1) is 18.2 Å². The average molecular weight is 411 g/mol. The van der Waals surface area contributed by atoms with Crippen LogP contribution in [0.3, 0.4) is 0 Å². The number of para-hydroxylation sites is 1. The second kappa shape index (κ2) is 8.26. The Morgan fingerprint density at radius 3 is 2.66 bits per heavy atom. The van der Waals surface area contributed by atoms with E-state index in [1.807, 2.05) is 6.92 Å². The van der Waals surface area contributed by atoms with Crippen molar-refractivity contribution in [2.24, 2.45) is 0 Å². The third-order valence-corrected chi connectivity index (χ3v) is 5.07. The lowest BCUT2D eigenvalue weighted by Crippen LogP contribution is -2.52. The molecule has 29 heavy (non-hydrogen) atoms. The second-order valence-corrected chi connectivity index (χ2v) is 6.88. The first kappa shape index (κ1) is 20.9. The maximum atomic E-state index is 14.0. The van der Waals surface area contributed by atoms with Crippen LogP contribution in [0.25, 0.3) is 0 Å². The van der Waals surface area contributed by atoms with Gasteiger partial charge >= 0.3 is 6.18 Å². The summed E-state index contributed by atoms with van der Waals surface area (Å²) in [4.78, 5) is 18.5. The van der Waals surface area contributed by atoms with E-state index in [1.165, 1.54) is 31.4 Å². The van der Waals surface area contributed by atoms with Crippen molar-refractivity contribution in [2.45, 2.75) is 38.0 Å². The van der Waals surface area contributed by atoms with Gasteiger partial charge in [-0.15, -0.1) is 0 Å². The van der Waals surface area contributed by atoms with Gasteiger partial charge in [0, 0.05) is 24.8 Å². The molecular formula is C20H21F4N3O2. The number of amides is 1. The van der Waals surface area contributed by atoms with Gasteiger partial charge in [-0.1, -0.05) is 6.07 Å². The molecule has 1 aliphatic heterocycles. The molecule has 2 heterocycles. The first-order valence-corrected chi connectivity index (χ1v) is 9.15. The topological polar surface area (TPSA) is 54.5 Å². The lowest BCUT2D eigenvalue weighted by Gasteiger charge is -2.40. The van der Waals surface area contributed by atoms with Crippen LogP contribution in [-0.2, 0) is 6.18 Å². The predicted octanol–water partition coefficient (Wildman–Crippen LogP) is 4.35. The van der Waals surface area contributed by atoms with Gasteiger partial charge in [0.2, 0.25) is 0 Å². The number of methoxy groups -OCH3 is 1. The molecule has 0 aliphatic carbocycles. The third kappa shape index (κ3) is 4.44. The molecule has 2 atom stereocenters. The zero-order valence-corrected chi connectivity index (χ0v) is 16.0. The highest BCUT2D eigenvalue weighted by atomic mass is 19.4. The van der Waals surface area contributed by atoms with Crippen LogP contribution in [0.1, 0.15) is 35.7 Å². The number of carbonyl (C=O) groups excluding carboxylic acids is 1. The number of piperidine rings is 1. The number of benzene rings is 1. The largest absolute Gasteiger partial charge is 0.493 e. The number of carbonyl (C=O) groups is 1. The molecule has 0 bridgehead atoms. The Balaban J connectivity index is 1.76. The van der Waals surface area contributed by atoms with E-state index >= 15 is 0 Å². The molecule has 1 amide bonds. The number of ether oxygens (including phenoxy) is 1. The Morgan fingerprint density at radius 2 is 2.03 bits per heavy atom. The molecule has 0 spiro atoms. The number of pyridine rings is 1. The molecule has 156 valence electrons. The van der Waals surface area contributed by atoms with Crippen LogP contribution in [0.5, 0.6) is 5.75 Å². The number of likely N-dealkylation sites (tertiary alicyclic amines) is 1. The summed E-state index contributed by atoms with van der Waals surface area (Å²) in [6.45, 7) is 2.32. The van der Waals surface area contributed by atoms with Gasteiger partial charge in [-0.2, -0.15) is 13.2 Å². The normalized spacial score (nSPS) is 19.7.